The van der Waals surface area contributed by atoms with E-state index >= 15 is 0 Å². The number of imide groups is 1. The van der Waals surface area contributed by atoms with Gasteiger partial charge < -0.3 is 31.3 Å². The summed E-state index contributed by atoms with van der Waals surface area (Å²) >= 11 is 0. The third kappa shape index (κ3) is 12.5. The van der Waals surface area contributed by atoms with Crippen molar-refractivity contribution in [3.05, 3.63) is 35.9 Å². The van der Waals surface area contributed by atoms with Crippen LogP contribution in [-0.2, 0) is 44.7 Å². The van der Waals surface area contributed by atoms with Crippen LogP contribution >= 0.6 is 0 Å². The second-order valence-electron chi connectivity index (χ2n) is 11.4. The number of hydrogen-bond donors (Lipinski definition) is 5. The van der Waals surface area contributed by atoms with Crippen LogP contribution in [0.3, 0.4) is 0 Å². The van der Waals surface area contributed by atoms with E-state index in [9.17, 15) is 33.6 Å². The molecule has 0 aliphatic carbocycles. The predicted molar refractivity (Wildman–Crippen MR) is 160 cm³/mol. The van der Waals surface area contributed by atoms with Crippen molar-refractivity contribution in [3.8, 4) is 0 Å². The molecule has 0 aromatic heterocycles. The number of nitrogens with zero attached hydrogens (tertiary/aromatic N) is 1. The van der Waals surface area contributed by atoms with Gasteiger partial charge >= 0.3 is 0 Å². The summed E-state index contributed by atoms with van der Waals surface area (Å²) in [5, 5.41) is 12.4. The molecule has 1 fully saturated rings. The lowest BCUT2D eigenvalue weighted by Crippen LogP contribution is -2.52. The Balaban J connectivity index is 1.68. The Kier molecular flexibility index (Phi) is 14.4. The van der Waals surface area contributed by atoms with E-state index in [-0.39, 0.29) is 81.2 Å². The molecule has 0 saturated carbocycles. The van der Waals surface area contributed by atoms with Gasteiger partial charge in [-0.2, -0.15) is 0 Å². The van der Waals surface area contributed by atoms with Gasteiger partial charge in [-0.15, -0.1) is 0 Å². The van der Waals surface area contributed by atoms with Crippen molar-refractivity contribution in [2.24, 2.45) is 11.3 Å². The molecule has 14 nitrogen and oxygen atoms in total. The molecule has 1 saturated heterocycles. The van der Waals surface area contributed by atoms with Crippen LogP contribution in [0.2, 0.25) is 0 Å². The molecule has 1 aromatic rings. The number of amides is 7. The molecule has 7 amide bonds. The lowest BCUT2D eigenvalue weighted by Gasteiger charge is -2.24. The maximum Gasteiger partial charge on any atom is 0.243 e. The summed E-state index contributed by atoms with van der Waals surface area (Å²) in [7, 11) is 0. The summed E-state index contributed by atoms with van der Waals surface area (Å²) in [4.78, 5) is 87.0. The molecule has 44 heavy (non-hydrogen) atoms. The maximum atomic E-state index is 12.7. The van der Waals surface area contributed by atoms with Gasteiger partial charge in [-0.1, -0.05) is 51.1 Å². The smallest absolute Gasteiger partial charge is 0.243 e. The average Bonchev–Trinajstić information content (AvgIpc) is 3.27. The number of ether oxygens (including phenoxy) is 1. The van der Waals surface area contributed by atoms with Gasteiger partial charge in [-0.25, -0.2) is 0 Å². The highest BCUT2D eigenvalue weighted by Gasteiger charge is 2.44. The van der Waals surface area contributed by atoms with Crippen LogP contribution in [0.1, 0.15) is 46.1 Å². The third-order valence-corrected chi connectivity index (χ3v) is 6.85. The van der Waals surface area contributed by atoms with Gasteiger partial charge in [-0.05, 0) is 17.9 Å². The number of likely N-dealkylation sites (N-methyl/N-ethyl adjacent to an activating group) is 1. The summed E-state index contributed by atoms with van der Waals surface area (Å²) in [6, 6.07) is 8.01. The Morgan fingerprint density at radius 2 is 1.48 bits per heavy atom. The second-order valence-corrected chi connectivity index (χ2v) is 11.4. The highest BCUT2D eigenvalue weighted by molar-refractivity contribution is 6.03. The molecule has 1 aromatic carbocycles. The second kappa shape index (κ2) is 17.7. The Hall–Kier alpha value is -4.33. The molecular weight excluding hydrogens is 572 g/mol. The van der Waals surface area contributed by atoms with E-state index in [2.05, 4.69) is 26.6 Å². The first-order valence-electron chi connectivity index (χ1n) is 14.6. The van der Waals surface area contributed by atoms with E-state index in [0.717, 1.165) is 5.56 Å². The van der Waals surface area contributed by atoms with Crippen molar-refractivity contribution < 1.29 is 38.3 Å². The average molecular weight is 617 g/mol. The fourth-order valence-electron chi connectivity index (χ4n) is 4.38. The topological polar surface area (TPSA) is 192 Å². The minimum atomic E-state index is -0.988. The van der Waals surface area contributed by atoms with Crippen LogP contribution in [0.5, 0.6) is 0 Å². The van der Waals surface area contributed by atoms with Crippen molar-refractivity contribution in [1.82, 2.24) is 31.5 Å². The largest absolute Gasteiger partial charge is 0.379 e. The van der Waals surface area contributed by atoms with Crippen molar-refractivity contribution >= 4 is 41.4 Å². The van der Waals surface area contributed by atoms with E-state index in [1.807, 2.05) is 26.8 Å². The molecule has 0 radical (unpaired) electrons. The van der Waals surface area contributed by atoms with E-state index in [4.69, 9.17) is 4.74 Å². The van der Waals surface area contributed by atoms with Crippen molar-refractivity contribution in [3.63, 3.8) is 0 Å². The fourth-order valence-corrected chi connectivity index (χ4v) is 4.38. The maximum absolute atomic E-state index is 12.7. The molecule has 2 atom stereocenters. The predicted octanol–water partition coefficient (Wildman–Crippen LogP) is -0.973. The normalized spacial score (nSPS) is 15.4. The number of carbonyl (C=O) groups is 7. The molecule has 242 valence electrons. The molecule has 5 N–H and O–H groups in total. The van der Waals surface area contributed by atoms with Crippen LogP contribution in [0.25, 0.3) is 0 Å². The fraction of sp³-hybridized carbons (Fsp3) is 0.567. The summed E-state index contributed by atoms with van der Waals surface area (Å²) in [5.74, 6) is -3.43. The summed E-state index contributed by atoms with van der Waals surface area (Å²) < 4.78 is 5.40. The molecule has 1 aliphatic heterocycles. The minimum Gasteiger partial charge on any atom is -0.379 e. The zero-order valence-corrected chi connectivity index (χ0v) is 25.8. The van der Waals surface area contributed by atoms with Crippen LogP contribution in [0.4, 0.5) is 0 Å². The first-order chi connectivity index (χ1) is 20.8. The molecule has 0 bridgehead atoms. The standard InChI is InChI=1S/C30H44N6O8/c1-5-31-24(38)18-34-28(42)22(15-20-9-7-6-8-10-20)35-26(40)19-33-25(39)17-32-23(37)11-13-44-14-12-36-27(41)16-21(29(36)43)30(2,3)4/h6-10,21-22H,5,11-19H2,1-4H3,(H,31,38)(H,32,37)(H,33,39)(H,34,42)(H,35,40). The zero-order valence-electron chi connectivity index (χ0n) is 25.8. The van der Waals surface area contributed by atoms with Gasteiger partial charge in [-0.3, -0.25) is 38.5 Å². The number of benzene rings is 1. The minimum absolute atomic E-state index is 0.0275. The molecule has 2 unspecified atom stereocenters. The van der Waals surface area contributed by atoms with Crippen LogP contribution < -0.4 is 26.6 Å². The molecular formula is C30H44N6O8. The zero-order chi connectivity index (χ0) is 32.7. The van der Waals surface area contributed by atoms with E-state index in [1.165, 1.54) is 4.90 Å². The van der Waals surface area contributed by atoms with Gasteiger partial charge in [0.05, 0.1) is 45.3 Å². The monoisotopic (exact) mass is 616 g/mol. The SMILES string of the molecule is CCNC(=O)CNC(=O)C(Cc1ccccc1)NC(=O)CNC(=O)CNC(=O)CCOCCN1C(=O)CC(C(C)(C)C)C1=O. The molecule has 0 spiro atoms. The number of likely N-dealkylation sites (tertiary alicyclic amines) is 1. The van der Waals surface area contributed by atoms with Crippen molar-refractivity contribution in [2.45, 2.75) is 53.0 Å². The first kappa shape index (κ1) is 35.9. The number of carbonyl (C=O) groups excluding carboxylic acids is 7. The highest BCUT2D eigenvalue weighted by Crippen LogP contribution is 2.35. The Labute approximate surface area is 257 Å². The first-order valence-corrected chi connectivity index (χ1v) is 14.6. The van der Waals surface area contributed by atoms with Gasteiger partial charge in [0.25, 0.3) is 0 Å². The number of nitrogens with one attached hydrogen (secondary N) is 5. The Morgan fingerprint density at radius 3 is 2.11 bits per heavy atom. The summed E-state index contributed by atoms with van der Waals surface area (Å²) in [6.07, 6.45) is 0.298. The molecule has 14 heteroatoms. The highest BCUT2D eigenvalue weighted by atomic mass is 16.5. The van der Waals surface area contributed by atoms with E-state index < -0.39 is 36.2 Å². The van der Waals surface area contributed by atoms with E-state index in [0.29, 0.717) is 6.54 Å². The molecule has 1 aliphatic rings. The number of hydrogen-bond acceptors (Lipinski definition) is 8. The van der Waals surface area contributed by atoms with Gasteiger partial charge in [0.1, 0.15) is 6.04 Å². The lowest BCUT2D eigenvalue weighted by molar-refractivity contribution is -0.141. The number of rotatable bonds is 17. The third-order valence-electron chi connectivity index (χ3n) is 6.85. The van der Waals surface area contributed by atoms with Crippen molar-refractivity contribution in [2.75, 3.05) is 45.9 Å². The summed E-state index contributed by atoms with van der Waals surface area (Å²) in [6.45, 7) is 7.08. The van der Waals surface area contributed by atoms with Crippen LogP contribution in [0.15, 0.2) is 30.3 Å². The van der Waals surface area contributed by atoms with Crippen LogP contribution in [0, 0.1) is 11.3 Å². The van der Waals surface area contributed by atoms with Gasteiger partial charge in [0, 0.05) is 25.8 Å². The summed E-state index contributed by atoms with van der Waals surface area (Å²) in [5.41, 5.74) is 0.473. The lowest BCUT2D eigenvalue weighted by atomic mass is 9.80. The molecule has 2 rings (SSSR count). The Morgan fingerprint density at radius 1 is 0.864 bits per heavy atom. The van der Waals surface area contributed by atoms with Gasteiger partial charge in [0.2, 0.25) is 41.4 Å². The molecule has 1 heterocycles. The van der Waals surface area contributed by atoms with E-state index in [1.54, 1.807) is 31.2 Å². The van der Waals surface area contributed by atoms with Crippen LogP contribution in [-0.4, -0.2) is 98.2 Å². The Bertz CT molecular complexity index is 1180. The van der Waals surface area contributed by atoms with Crippen molar-refractivity contribution in [1.29, 1.82) is 0 Å². The van der Waals surface area contributed by atoms with Gasteiger partial charge in [0.15, 0.2) is 0 Å². The quantitative estimate of drug-likeness (QED) is 0.109.